The molecule has 2 aliphatic rings. The predicted molar refractivity (Wildman–Crippen MR) is 144 cm³/mol. The highest BCUT2D eigenvalue weighted by Crippen LogP contribution is 2.42. The van der Waals surface area contributed by atoms with Gasteiger partial charge >= 0.3 is 12.1 Å². The quantitative estimate of drug-likeness (QED) is 0.284. The second-order valence-corrected chi connectivity index (χ2v) is 10.9. The molecule has 0 saturated carbocycles. The van der Waals surface area contributed by atoms with Crippen LogP contribution in [0, 0.1) is 34.2 Å². The number of amides is 1. The number of aliphatic carboxylic acids is 1. The summed E-state index contributed by atoms with van der Waals surface area (Å²) in [6.45, 7) is 4.78. The second-order valence-electron chi connectivity index (χ2n) is 10.9. The average molecular weight is 657 g/mol. The van der Waals surface area contributed by atoms with Gasteiger partial charge < -0.3 is 15.3 Å². The normalized spacial score (nSPS) is 16.8. The SMILES string of the molecule is CC(=O)N[C@@](c1cc(F)c(F)c(F)c1)(c1ccc(CN2CC3(C2)CN(c2cncc(C#N)c2)C3)cn1)C(F)F.O=C(O)C(F)(F)F. The number of nitrogens with zero attached hydrogens (tertiary/aromatic N) is 5. The molecule has 1 amide bonds. The molecule has 2 N–H and O–H groups in total. The summed E-state index contributed by atoms with van der Waals surface area (Å²) in [6, 6.07) is 7.59. The Bertz CT molecular complexity index is 1630. The molecule has 0 unspecified atom stereocenters. The second kappa shape index (κ2) is 12.9. The molecule has 5 rings (SSSR count). The minimum atomic E-state index is -5.08. The van der Waals surface area contributed by atoms with Gasteiger partial charge in [-0.05, 0) is 35.4 Å². The van der Waals surface area contributed by atoms with Gasteiger partial charge in [0.1, 0.15) is 6.07 Å². The van der Waals surface area contributed by atoms with Gasteiger partial charge in [-0.1, -0.05) is 6.07 Å². The Balaban J connectivity index is 0.000000617. The smallest absolute Gasteiger partial charge is 0.475 e. The van der Waals surface area contributed by atoms with Gasteiger partial charge in [0, 0.05) is 57.5 Å². The molecule has 2 fully saturated rings. The van der Waals surface area contributed by atoms with Gasteiger partial charge in [0.15, 0.2) is 23.0 Å². The number of halogens is 8. The van der Waals surface area contributed by atoms with Gasteiger partial charge in [-0.15, -0.1) is 0 Å². The Morgan fingerprint density at radius 3 is 2.13 bits per heavy atom. The number of carbonyl (C=O) groups excluding carboxylic acids is 1. The molecule has 0 radical (unpaired) electrons. The summed E-state index contributed by atoms with van der Waals surface area (Å²) in [5.41, 5.74) is -1.44. The summed E-state index contributed by atoms with van der Waals surface area (Å²) in [5, 5.41) is 18.3. The molecule has 17 heteroatoms. The third-order valence-electron chi connectivity index (χ3n) is 7.41. The molecule has 1 spiro atoms. The van der Waals surface area contributed by atoms with Gasteiger partial charge in [-0.3, -0.25) is 19.7 Å². The van der Waals surface area contributed by atoms with Crippen molar-refractivity contribution in [3.05, 3.63) is 88.8 Å². The summed E-state index contributed by atoms with van der Waals surface area (Å²) in [7, 11) is 0. The van der Waals surface area contributed by atoms with Crippen LogP contribution < -0.4 is 10.2 Å². The van der Waals surface area contributed by atoms with Crippen LogP contribution in [0.5, 0.6) is 0 Å². The number of hydrogen-bond donors (Lipinski definition) is 2. The summed E-state index contributed by atoms with van der Waals surface area (Å²) < 4.78 is 102. The van der Waals surface area contributed by atoms with E-state index in [-0.39, 0.29) is 11.1 Å². The van der Waals surface area contributed by atoms with Crippen molar-refractivity contribution in [3.8, 4) is 6.07 Å². The number of hydrogen-bond acceptors (Lipinski definition) is 7. The number of aromatic nitrogens is 2. The molecular weight excluding hydrogens is 632 g/mol. The molecule has 2 saturated heterocycles. The van der Waals surface area contributed by atoms with Crippen molar-refractivity contribution in [3.63, 3.8) is 0 Å². The largest absolute Gasteiger partial charge is 0.490 e. The van der Waals surface area contributed by atoms with E-state index in [4.69, 9.17) is 15.2 Å². The van der Waals surface area contributed by atoms with E-state index < -0.39 is 53.0 Å². The first-order valence-electron chi connectivity index (χ1n) is 13.3. The number of anilines is 1. The van der Waals surface area contributed by atoms with E-state index in [1.807, 2.05) is 0 Å². The van der Waals surface area contributed by atoms with Gasteiger partial charge in [-0.25, -0.2) is 26.7 Å². The molecule has 0 bridgehead atoms. The lowest BCUT2D eigenvalue weighted by Crippen LogP contribution is -2.72. The molecule has 1 aromatic carbocycles. The van der Waals surface area contributed by atoms with Crippen LogP contribution in [0.15, 0.2) is 48.9 Å². The van der Waals surface area contributed by atoms with E-state index in [0.717, 1.165) is 44.4 Å². The first kappa shape index (κ1) is 34.0. The highest BCUT2D eigenvalue weighted by Gasteiger charge is 2.52. The van der Waals surface area contributed by atoms with E-state index in [0.29, 0.717) is 24.2 Å². The number of nitriles is 1. The summed E-state index contributed by atoms with van der Waals surface area (Å²) in [6.07, 6.45) is -3.82. The third kappa shape index (κ3) is 7.01. The van der Waals surface area contributed by atoms with Crippen molar-refractivity contribution < 1.29 is 49.8 Å². The molecule has 2 aromatic heterocycles. The van der Waals surface area contributed by atoms with Crippen LogP contribution in [0.2, 0.25) is 0 Å². The monoisotopic (exact) mass is 656 g/mol. The summed E-state index contributed by atoms with van der Waals surface area (Å²) in [4.78, 5) is 33.3. The first-order valence-corrected chi connectivity index (χ1v) is 13.3. The maximum atomic E-state index is 14.5. The zero-order valence-electron chi connectivity index (χ0n) is 23.8. The fourth-order valence-electron chi connectivity index (χ4n) is 5.47. The predicted octanol–water partition coefficient (Wildman–Crippen LogP) is 4.37. The number of nitrogens with one attached hydrogen (secondary N) is 1. The summed E-state index contributed by atoms with van der Waals surface area (Å²) in [5.74, 6) is -8.77. The van der Waals surface area contributed by atoms with Crippen LogP contribution >= 0.6 is 0 Å². The molecule has 2 aliphatic heterocycles. The van der Waals surface area contributed by atoms with E-state index in [1.54, 1.807) is 18.3 Å². The Morgan fingerprint density at radius 2 is 1.65 bits per heavy atom. The van der Waals surface area contributed by atoms with E-state index in [1.165, 1.54) is 18.5 Å². The number of carbonyl (C=O) groups is 2. The Morgan fingerprint density at radius 1 is 1.04 bits per heavy atom. The summed E-state index contributed by atoms with van der Waals surface area (Å²) >= 11 is 0. The van der Waals surface area contributed by atoms with E-state index in [9.17, 15) is 39.9 Å². The van der Waals surface area contributed by atoms with Crippen molar-refractivity contribution >= 4 is 17.6 Å². The topological polar surface area (TPSA) is 122 Å². The van der Waals surface area contributed by atoms with Crippen LogP contribution in [0.4, 0.5) is 40.8 Å². The van der Waals surface area contributed by atoms with Crippen LogP contribution in [0.25, 0.3) is 0 Å². The zero-order valence-corrected chi connectivity index (χ0v) is 23.8. The van der Waals surface area contributed by atoms with Crippen LogP contribution in [0.3, 0.4) is 0 Å². The number of carboxylic acid groups (broad SMARTS) is 1. The van der Waals surface area contributed by atoms with E-state index in [2.05, 4.69) is 31.2 Å². The maximum Gasteiger partial charge on any atom is 0.490 e. The van der Waals surface area contributed by atoms with Gasteiger partial charge in [0.25, 0.3) is 6.43 Å². The lowest BCUT2D eigenvalue weighted by atomic mass is 9.72. The zero-order chi connectivity index (χ0) is 34.0. The molecule has 46 heavy (non-hydrogen) atoms. The van der Waals surface area contributed by atoms with Gasteiger partial charge in [-0.2, -0.15) is 18.4 Å². The Labute approximate surface area is 256 Å². The van der Waals surface area contributed by atoms with Gasteiger partial charge in [0.2, 0.25) is 5.91 Å². The molecule has 3 aromatic rings. The third-order valence-corrected chi connectivity index (χ3v) is 7.41. The molecule has 9 nitrogen and oxygen atoms in total. The first-order chi connectivity index (χ1) is 21.5. The average Bonchev–Trinajstić information content (AvgIpc) is 2.94. The highest BCUT2D eigenvalue weighted by molar-refractivity contribution is 5.75. The van der Waals surface area contributed by atoms with Crippen molar-refractivity contribution in [1.82, 2.24) is 20.2 Å². The van der Waals surface area contributed by atoms with Crippen LogP contribution in [-0.4, -0.2) is 70.6 Å². The number of likely N-dealkylation sites (tertiary alicyclic amines) is 1. The Kier molecular flexibility index (Phi) is 9.52. The maximum absolute atomic E-state index is 14.5. The van der Waals surface area contributed by atoms with E-state index >= 15 is 0 Å². The van der Waals surface area contributed by atoms with Crippen LogP contribution in [-0.2, 0) is 21.7 Å². The van der Waals surface area contributed by atoms with Crippen molar-refractivity contribution in [2.75, 3.05) is 31.1 Å². The van der Waals surface area contributed by atoms with Gasteiger partial charge in [0.05, 0.1) is 23.1 Å². The fraction of sp³-hybridized carbons (Fsp3) is 0.345. The molecule has 4 heterocycles. The minimum absolute atomic E-state index is 0.128. The molecule has 244 valence electrons. The van der Waals surface area contributed by atoms with Crippen molar-refractivity contribution in [2.45, 2.75) is 31.6 Å². The van der Waals surface area contributed by atoms with Crippen molar-refractivity contribution in [1.29, 1.82) is 5.26 Å². The standard InChI is InChI=1S/C27H23F5N6O.C2HF3O2/c1-16(39)36-27(25(31)32,19-5-21(28)24(30)22(29)6-19)23-3-2-17(9-35-23)11-37-12-26(13-37)14-38(15-26)20-4-18(7-33)8-34-10-20;3-2(4,5)1(6)7/h2-6,8-10,25H,11-15H2,1H3,(H,36,39);(H,6,7)/t27-;/m0./s1. The Hall–Kier alpha value is -4.85. The molecule has 1 atom stereocenters. The molecular formula is C29H24F8N6O3. The molecule has 0 aliphatic carbocycles. The number of alkyl halides is 5. The lowest BCUT2D eigenvalue weighted by molar-refractivity contribution is -0.192. The number of pyridine rings is 2. The number of benzene rings is 1. The minimum Gasteiger partial charge on any atom is -0.475 e. The van der Waals surface area contributed by atoms with Crippen LogP contribution in [0.1, 0.15) is 29.3 Å². The number of carboxylic acids is 1. The van der Waals surface area contributed by atoms with Crippen molar-refractivity contribution in [2.24, 2.45) is 5.41 Å². The highest BCUT2D eigenvalue weighted by atomic mass is 19.4. The fourth-order valence-corrected chi connectivity index (χ4v) is 5.47. The number of rotatable bonds is 7. The lowest BCUT2D eigenvalue weighted by Gasteiger charge is -2.61.